The summed E-state index contributed by atoms with van der Waals surface area (Å²) in [6, 6.07) is -0.546. The third kappa shape index (κ3) is 2.23. The van der Waals surface area contributed by atoms with Crippen LogP contribution in [0.3, 0.4) is 0 Å². The average Bonchev–Trinajstić information content (AvgIpc) is 2.33. The van der Waals surface area contributed by atoms with Crippen molar-refractivity contribution in [2.24, 2.45) is 5.92 Å². The number of aliphatic hydroxyl groups is 3. The molecule has 4 unspecified atom stereocenters. The minimum Gasteiger partial charge on any atom is -0.390 e. The molecule has 1 saturated carbocycles. The molecule has 14 heavy (non-hydrogen) atoms. The van der Waals surface area contributed by atoms with Gasteiger partial charge in [-0.05, 0) is 6.42 Å². The number of carbonyl (C=O) groups excluding carboxylic acids is 1. The maximum absolute atomic E-state index is 11.3. The average molecular weight is 203 g/mol. The first kappa shape index (κ1) is 11.4. The van der Waals surface area contributed by atoms with Crippen LogP contribution in [0, 0.1) is 5.92 Å². The number of rotatable bonds is 2. The summed E-state index contributed by atoms with van der Waals surface area (Å²) in [6.45, 7) is 3.48. The SMILES string of the molecule is CC(C)C(=O)NC1CC(O)C(O)C1O. The lowest BCUT2D eigenvalue weighted by atomic mass is 10.1. The first-order valence-corrected chi connectivity index (χ1v) is 4.78. The monoisotopic (exact) mass is 203 g/mol. The third-order valence-electron chi connectivity index (χ3n) is 2.50. The number of hydrogen-bond donors (Lipinski definition) is 4. The quantitative estimate of drug-likeness (QED) is 0.445. The number of aliphatic hydroxyl groups excluding tert-OH is 3. The van der Waals surface area contributed by atoms with Gasteiger partial charge in [0.25, 0.3) is 0 Å². The van der Waals surface area contributed by atoms with E-state index in [1.54, 1.807) is 13.8 Å². The Hall–Kier alpha value is -0.650. The first-order chi connectivity index (χ1) is 6.43. The molecule has 0 aromatic carbocycles. The van der Waals surface area contributed by atoms with Crippen LogP contribution in [0.4, 0.5) is 0 Å². The van der Waals surface area contributed by atoms with Gasteiger partial charge in [0.2, 0.25) is 5.91 Å². The van der Waals surface area contributed by atoms with E-state index in [0.717, 1.165) is 0 Å². The molecule has 5 nitrogen and oxygen atoms in total. The van der Waals surface area contributed by atoms with Gasteiger partial charge in [-0.3, -0.25) is 4.79 Å². The van der Waals surface area contributed by atoms with Crippen LogP contribution in [-0.2, 0) is 4.79 Å². The maximum atomic E-state index is 11.3. The molecule has 0 saturated heterocycles. The van der Waals surface area contributed by atoms with Crippen molar-refractivity contribution >= 4 is 5.91 Å². The Morgan fingerprint density at radius 1 is 1.29 bits per heavy atom. The highest BCUT2D eigenvalue weighted by molar-refractivity contribution is 5.78. The predicted molar refractivity (Wildman–Crippen MR) is 49.4 cm³/mol. The number of carbonyl (C=O) groups is 1. The Bertz CT molecular complexity index is 219. The molecule has 0 bridgehead atoms. The van der Waals surface area contributed by atoms with Crippen LogP contribution in [0.1, 0.15) is 20.3 Å². The van der Waals surface area contributed by atoms with Crippen LogP contribution >= 0.6 is 0 Å². The summed E-state index contributed by atoms with van der Waals surface area (Å²) in [4.78, 5) is 11.3. The maximum Gasteiger partial charge on any atom is 0.222 e. The number of hydrogen-bond acceptors (Lipinski definition) is 4. The minimum absolute atomic E-state index is 0.169. The number of nitrogens with one attached hydrogen (secondary N) is 1. The zero-order chi connectivity index (χ0) is 10.9. The van der Waals surface area contributed by atoms with E-state index < -0.39 is 24.4 Å². The van der Waals surface area contributed by atoms with Crippen molar-refractivity contribution in [3.63, 3.8) is 0 Å². The molecule has 1 fully saturated rings. The lowest BCUT2D eigenvalue weighted by molar-refractivity contribution is -0.125. The normalized spacial score (nSPS) is 37.6. The number of amides is 1. The van der Waals surface area contributed by atoms with E-state index in [9.17, 15) is 20.1 Å². The van der Waals surface area contributed by atoms with Gasteiger partial charge in [0.15, 0.2) is 0 Å². The molecule has 1 aliphatic carbocycles. The fraction of sp³-hybridized carbons (Fsp3) is 0.889. The molecule has 82 valence electrons. The summed E-state index contributed by atoms with van der Waals surface area (Å²) in [5.74, 6) is -0.354. The second-order valence-electron chi connectivity index (χ2n) is 4.05. The van der Waals surface area contributed by atoms with E-state index in [1.165, 1.54) is 0 Å². The Morgan fingerprint density at radius 2 is 1.86 bits per heavy atom. The van der Waals surface area contributed by atoms with Gasteiger partial charge < -0.3 is 20.6 Å². The highest BCUT2D eigenvalue weighted by Crippen LogP contribution is 2.20. The van der Waals surface area contributed by atoms with Gasteiger partial charge in [0, 0.05) is 5.92 Å². The summed E-state index contributed by atoms with van der Waals surface area (Å²) in [7, 11) is 0. The highest BCUT2D eigenvalue weighted by atomic mass is 16.4. The highest BCUT2D eigenvalue weighted by Gasteiger charge is 2.41. The summed E-state index contributed by atoms with van der Waals surface area (Å²) in [5, 5.41) is 30.5. The van der Waals surface area contributed by atoms with Gasteiger partial charge in [-0.1, -0.05) is 13.8 Å². The molecule has 0 aromatic heterocycles. The Balaban J connectivity index is 2.51. The molecule has 1 rings (SSSR count). The van der Waals surface area contributed by atoms with Crippen LogP contribution in [0.25, 0.3) is 0 Å². The molecular weight excluding hydrogens is 186 g/mol. The van der Waals surface area contributed by atoms with Crippen LogP contribution in [0.15, 0.2) is 0 Å². The van der Waals surface area contributed by atoms with Gasteiger partial charge in [0.1, 0.15) is 12.2 Å². The predicted octanol–water partition coefficient (Wildman–Crippen LogP) is -1.39. The molecule has 5 heteroatoms. The van der Waals surface area contributed by atoms with Crippen molar-refractivity contribution in [1.82, 2.24) is 5.32 Å². The van der Waals surface area contributed by atoms with Crippen molar-refractivity contribution in [2.45, 2.75) is 44.6 Å². The van der Waals surface area contributed by atoms with E-state index in [2.05, 4.69) is 5.32 Å². The lowest BCUT2D eigenvalue weighted by Gasteiger charge is -2.18. The molecule has 0 radical (unpaired) electrons. The Kier molecular flexibility index (Phi) is 3.47. The van der Waals surface area contributed by atoms with Crippen LogP contribution < -0.4 is 5.32 Å². The van der Waals surface area contributed by atoms with Crippen molar-refractivity contribution in [2.75, 3.05) is 0 Å². The second kappa shape index (κ2) is 4.25. The molecule has 4 N–H and O–H groups in total. The summed E-state index contributed by atoms with van der Waals surface area (Å²) >= 11 is 0. The van der Waals surface area contributed by atoms with Gasteiger partial charge >= 0.3 is 0 Å². The van der Waals surface area contributed by atoms with E-state index in [0.29, 0.717) is 0 Å². The molecule has 1 amide bonds. The summed E-state index contributed by atoms with van der Waals surface area (Å²) < 4.78 is 0. The van der Waals surface area contributed by atoms with Gasteiger partial charge in [-0.15, -0.1) is 0 Å². The van der Waals surface area contributed by atoms with Crippen LogP contribution in [-0.4, -0.2) is 45.6 Å². The molecule has 0 aromatic rings. The van der Waals surface area contributed by atoms with Gasteiger partial charge in [-0.2, -0.15) is 0 Å². The topological polar surface area (TPSA) is 89.8 Å². The molecule has 4 atom stereocenters. The second-order valence-corrected chi connectivity index (χ2v) is 4.05. The molecule has 0 aliphatic heterocycles. The minimum atomic E-state index is -1.16. The summed E-state index contributed by atoms with van der Waals surface area (Å²) in [5.41, 5.74) is 0. The molecule has 0 heterocycles. The third-order valence-corrected chi connectivity index (χ3v) is 2.50. The van der Waals surface area contributed by atoms with Gasteiger partial charge in [0.05, 0.1) is 12.1 Å². The lowest BCUT2D eigenvalue weighted by Crippen LogP contribution is -2.44. The Labute approximate surface area is 82.7 Å². The van der Waals surface area contributed by atoms with E-state index in [4.69, 9.17) is 0 Å². The fourth-order valence-corrected chi connectivity index (χ4v) is 1.50. The zero-order valence-corrected chi connectivity index (χ0v) is 8.34. The fourth-order valence-electron chi connectivity index (χ4n) is 1.50. The first-order valence-electron chi connectivity index (χ1n) is 4.78. The van der Waals surface area contributed by atoms with E-state index in [1.807, 2.05) is 0 Å². The molecule has 0 spiro atoms. The van der Waals surface area contributed by atoms with Gasteiger partial charge in [-0.25, -0.2) is 0 Å². The summed E-state index contributed by atoms with van der Waals surface area (Å²) in [6.07, 6.45) is -3.00. The van der Waals surface area contributed by atoms with Crippen molar-refractivity contribution in [3.05, 3.63) is 0 Å². The Morgan fingerprint density at radius 3 is 2.21 bits per heavy atom. The largest absolute Gasteiger partial charge is 0.390 e. The molecule has 1 aliphatic rings. The van der Waals surface area contributed by atoms with E-state index in [-0.39, 0.29) is 18.2 Å². The van der Waals surface area contributed by atoms with Crippen LogP contribution in [0.2, 0.25) is 0 Å². The smallest absolute Gasteiger partial charge is 0.222 e. The van der Waals surface area contributed by atoms with Crippen molar-refractivity contribution in [3.8, 4) is 0 Å². The van der Waals surface area contributed by atoms with Crippen molar-refractivity contribution in [1.29, 1.82) is 0 Å². The van der Waals surface area contributed by atoms with Crippen LogP contribution in [0.5, 0.6) is 0 Å². The van der Waals surface area contributed by atoms with E-state index >= 15 is 0 Å². The molecular formula is C9H17NO4. The standard InChI is InChI=1S/C9H17NO4/c1-4(2)9(14)10-5-3-6(11)8(13)7(5)12/h4-8,11-13H,3H2,1-2H3,(H,10,14). The van der Waals surface area contributed by atoms with Crippen molar-refractivity contribution < 1.29 is 20.1 Å². The zero-order valence-electron chi connectivity index (χ0n) is 8.34.